The molecule has 2 amide bonds. The largest absolute Gasteiger partial charge is 0.494 e. The molecule has 2 saturated heterocycles. The maximum absolute atomic E-state index is 12.8. The molecule has 1 unspecified atom stereocenters. The third-order valence-corrected chi connectivity index (χ3v) is 6.52. The predicted molar refractivity (Wildman–Crippen MR) is 133 cm³/mol. The molecule has 2 fully saturated rings. The van der Waals surface area contributed by atoms with Crippen molar-refractivity contribution in [2.24, 2.45) is 5.92 Å². The molecular formula is C27H35N3O3. The number of rotatable bonds is 10. The molecule has 0 aromatic heterocycles. The van der Waals surface area contributed by atoms with Gasteiger partial charge in [-0.3, -0.25) is 9.59 Å². The monoisotopic (exact) mass is 449 g/mol. The average Bonchev–Trinajstić information content (AvgIpc) is 3.50. The quantitative estimate of drug-likeness (QED) is 0.504. The van der Waals surface area contributed by atoms with Crippen molar-refractivity contribution < 1.29 is 14.3 Å². The van der Waals surface area contributed by atoms with E-state index in [1.165, 1.54) is 37.8 Å². The van der Waals surface area contributed by atoms with Crippen molar-refractivity contribution in [1.82, 2.24) is 0 Å². The van der Waals surface area contributed by atoms with Crippen molar-refractivity contribution in [3.8, 4) is 5.75 Å². The lowest BCUT2D eigenvalue weighted by molar-refractivity contribution is -0.122. The van der Waals surface area contributed by atoms with E-state index in [2.05, 4.69) is 29.3 Å². The fourth-order valence-electron chi connectivity index (χ4n) is 4.55. The molecule has 0 aliphatic carbocycles. The molecule has 4 rings (SSSR count). The van der Waals surface area contributed by atoms with E-state index in [0.717, 1.165) is 36.6 Å². The van der Waals surface area contributed by atoms with Gasteiger partial charge in [0, 0.05) is 43.1 Å². The number of hydrogen-bond acceptors (Lipinski definition) is 4. The Kier molecular flexibility index (Phi) is 7.87. The van der Waals surface area contributed by atoms with Crippen molar-refractivity contribution in [3.05, 3.63) is 48.5 Å². The van der Waals surface area contributed by atoms with Crippen LogP contribution in [0.15, 0.2) is 48.5 Å². The Morgan fingerprint density at radius 2 is 1.67 bits per heavy atom. The highest BCUT2D eigenvalue weighted by Crippen LogP contribution is 2.29. The van der Waals surface area contributed by atoms with Crippen molar-refractivity contribution in [2.45, 2.75) is 51.9 Å². The van der Waals surface area contributed by atoms with E-state index in [-0.39, 0.29) is 24.2 Å². The number of hydrogen-bond donors (Lipinski definition) is 1. The Morgan fingerprint density at radius 3 is 2.36 bits per heavy atom. The summed E-state index contributed by atoms with van der Waals surface area (Å²) in [6.07, 6.45) is 7.39. The third kappa shape index (κ3) is 6.06. The second kappa shape index (κ2) is 11.2. The van der Waals surface area contributed by atoms with Gasteiger partial charge >= 0.3 is 0 Å². The molecule has 0 bridgehead atoms. The highest BCUT2D eigenvalue weighted by atomic mass is 16.5. The molecular weight excluding hydrogens is 414 g/mol. The maximum Gasteiger partial charge on any atom is 0.229 e. The van der Waals surface area contributed by atoms with Crippen LogP contribution in [0.3, 0.4) is 0 Å². The van der Waals surface area contributed by atoms with Gasteiger partial charge in [-0.15, -0.1) is 0 Å². The second-order valence-electron chi connectivity index (χ2n) is 9.04. The predicted octanol–water partition coefficient (Wildman–Crippen LogP) is 5.24. The Balaban J connectivity index is 1.27. The third-order valence-electron chi connectivity index (χ3n) is 6.52. The minimum absolute atomic E-state index is 0.00380. The van der Waals surface area contributed by atoms with E-state index < -0.39 is 0 Å². The summed E-state index contributed by atoms with van der Waals surface area (Å²) in [7, 11) is 0. The van der Waals surface area contributed by atoms with Crippen molar-refractivity contribution in [1.29, 1.82) is 0 Å². The Labute approximate surface area is 196 Å². The molecule has 2 aromatic rings. The summed E-state index contributed by atoms with van der Waals surface area (Å²) >= 11 is 0. The zero-order valence-electron chi connectivity index (χ0n) is 19.6. The number of carbonyl (C=O) groups excluding carboxylic acids is 2. The number of amides is 2. The Morgan fingerprint density at radius 1 is 0.970 bits per heavy atom. The van der Waals surface area contributed by atoms with Crippen LogP contribution in [0, 0.1) is 5.92 Å². The smallest absolute Gasteiger partial charge is 0.229 e. The summed E-state index contributed by atoms with van der Waals surface area (Å²) in [5.74, 6) is 0.331. The zero-order valence-corrected chi connectivity index (χ0v) is 19.6. The topological polar surface area (TPSA) is 61.9 Å². The number of nitrogens with zero attached hydrogens (tertiary/aromatic N) is 2. The molecule has 0 spiro atoms. The summed E-state index contributed by atoms with van der Waals surface area (Å²) in [5.41, 5.74) is 2.78. The first-order chi connectivity index (χ1) is 16.1. The van der Waals surface area contributed by atoms with Crippen molar-refractivity contribution >= 4 is 28.9 Å². The zero-order chi connectivity index (χ0) is 23.0. The highest BCUT2D eigenvalue weighted by molar-refractivity contribution is 6.03. The van der Waals surface area contributed by atoms with Crippen molar-refractivity contribution in [3.63, 3.8) is 0 Å². The lowest BCUT2D eigenvalue weighted by atomic mass is 10.1. The fourth-order valence-corrected chi connectivity index (χ4v) is 4.55. The first-order valence-electron chi connectivity index (χ1n) is 12.3. The number of unbranched alkanes of at least 4 members (excludes halogenated alkanes) is 3. The highest BCUT2D eigenvalue weighted by Gasteiger charge is 2.35. The van der Waals surface area contributed by atoms with Crippen LogP contribution in [-0.4, -0.2) is 38.1 Å². The number of ether oxygens (including phenoxy) is 1. The van der Waals surface area contributed by atoms with Gasteiger partial charge in [0.05, 0.1) is 12.5 Å². The van der Waals surface area contributed by atoms with Crippen LogP contribution < -0.4 is 19.9 Å². The molecule has 2 aromatic carbocycles. The van der Waals surface area contributed by atoms with Gasteiger partial charge < -0.3 is 19.9 Å². The average molecular weight is 450 g/mol. The molecule has 1 atom stereocenters. The van der Waals surface area contributed by atoms with E-state index in [1.807, 2.05) is 36.4 Å². The van der Waals surface area contributed by atoms with E-state index in [9.17, 15) is 9.59 Å². The van der Waals surface area contributed by atoms with Crippen LogP contribution in [0.4, 0.5) is 17.1 Å². The first kappa shape index (κ1) is 23.1. The maximum atomic E-state index is 12.8. The van der Waals surface area contributed by atoms with Gasteiger partial charge in [0.15, 0.2) is 0 Å². The van der Waals surface area contributed by atoms with Crippen LogP contribution >= 0.6 is 0 Å². The molecule has 33 heavy (non-hydrogen) atoms. The van der Waals surface area contributed by atoms with E-state index in [1.54, 1.807) is 4.90 Å². The first-order valence-corrected chi connectivity index (χ1v) is 12.3. The normalized spacial score (nSPS) is 18.1. The number of carbonyl (C=O) groups is 2. The minimum Gasteiger partial charge on any atom is -0.494 e. The number of nitrogens with one attached hydrogen (secondary N) is 1. The molecule has 2 aliphatic heterocycles. The minimum atomic E-state index is -0.356. The second-order valence-corrected chi connectivity index (χ2v) is 9.04. The summed E-state index contributed by atoms with van der Waals surface area (Å²) in [6.45, 7) is 5.50. The van der Waals surface area contributed by atoms with Gasteiger partial charge in [-0.25, -0.2) is 0 Å². The molecule has 6 heteroatoms. The fraction of sp³-hybridized carbons (Fsp3) is 0.481. The van der Waals surface area contributed by atoms with Gasteiger partial charge in [0.1, 0.15) is 5.75 Å². The molecule has 2 aliphatic rings. The van der Waals surface area contributed by atoms with E-state index >= 15 is 0 Å². The summed E-state index contributed by atoms with van der Waals surface area (Å²) in [4.78, 5) is 29.5. The Hall–Kier alpha value is -3.02. The summed E-state index contributed by atoms with van der Waals surface area (Å²) in [6, 6.07) is 15.6. The van der Waals surface area contributed by atoms with Crippen LogP contribution in [0.5, 0.6) is 5.75 Å². The van der Waals surface area contributed by atoms with E-state index in [0.29, 0.717) is 13.2 Å². The van der Waals surface area contributed by atoms with Gasteiger partial charge in [-0.05, 0) is 67.8 Å². The van der Waals surface area contributed by atoms with Gasteiger partial charge in [0.25, 0.3) is 0 Å². The molecule has 0 radical (unpaired) electrons. The van der Waals surface area contributed by atoms with Gasteiger partial charge in [-0.1, -0.05) is 26.2 Å². The molecule has 6 nitrogen and oxygen atoms in total. The molecule has 2 heterocycles. The van der Waals surface area contributed by atoms with Crippen molar-refractivity contribution in [2.75, 3.05) is 41.4 Å². The lowest BCUT2D eigenvalue weighted by Crippen LogP contribution is -2.28. The lowest BCUT2D eigenvalue weighted by Gasteiger charge is -2.20. The SMILES string of the molecule is CCCCCCOc1ccc(NC(=O)C2CC(=O)N(c3ccc(N4CCCC4)cc3)C2)cc1. The van der Waals surface area contributed by atoms with Crippen LogP contribution in [0.2, 0.25) is 0 Å². The molecule has 0 saturated carbocycles. The summed E-state index contributed by atoms with van der Waals surface area (Å²) in [5, 5.41) is 2.95. The molecule has 176 valence electrons. The van der Waals surface area contributed by atoms with Crippen LogP contribution in [0.1, 0.15) is 51.9 Å². The van der Waals surface area contributed by atoms with Crippen LogP contribution in [0.25, 0.3) is 0 Å². The summed E-state index contributed by atoms with van der Waals surface area (Å²) < 4.78 is 5.76. The Bertz CT molecular complexity index is 921. The molecule has 1 N–H and O–H groups in total. The van der Waals surface area contributed by atoms with E-state index in [4.69, 9.17) is 4.74 Å². The van der Waals surface area contributed by atoms with Gasteiger partial charge in [-0.2, -0.15) is 0 Å². The number of benzene rings is 2. The number of anilines is 3. The van der Waals surface area contributed by atoms with Gasteiger partial charge in [0.2, 0.25) is 11.8 Å². The van der Waals surface area contributed by atoms with Crippen LogP contribution in [-0.2, 0) is 9.59 Å². The standard InChI is InChI=1S/C27H35N3O3/c1-2-3-4-7-18-33-25-14-8-22(9-15-25)28-27(32)21-19-26(31)30(20-21)24-12-10-23(11-13-24)29-16-5-6-17-29/h8-15,21H,2-7,16-20H2,1H3,(H,28,32).